The zero-order valence-electron chi connectivity index (χ0n) is 7.63. The molecule has 0 radical (unpaired) electrons. The molecule has 3 nitrogen and oxygen atoms in total. The number of aliphatic carboxylic acids is 1. The van der Waals surface area contributed by atoms with Crippen molar-refractivity contribution in [2.24, 2.45) is 23.7 Å². The van der Waals surface area contributed by atoms with Crippen molar-refractivity contribution < 1.29 is 15.0 Å². The van der Waals surface area contributed by atoms with Gasteiger partial charge in [0.25, 0.3) is 0 Å². The summed E-state index contributed by atoms with van der Waals surface area (Å²) in [5.41, 5.74) is 0.430. The van der Waals surface area contributed by atoms with E-state index in [-0.39, 0.29) is 11.8 Å². The van der Waals surface area contributed by atoms with Crippen LogP contribution in [0.15, 0.2) is 23.8 Å². The molecule has 2 N–H and O–H groups in total. The highest BCUT2D eigenvalue weighted by atomic mass is 16.4. The average Bonchev–Trinajstić information content (AvgIpc) is 2.69. The molecule has 5 atom stereocenters. The summed E-state index contributed by atoms with van der Waals surface area (Å²) in [6.07, 6.45) is 6.31. The van der Waals surface area contributed by atoms with Crippen LogP contribution >= 0.6 is 0 Å². The van der Waals surface area contributed by atoms with Crippen LogP contribution in [0.1, 0.15) is 6.42 Å². The molecule has 0 heterocycles. The Morgan fingerprint density at radius 2 is 2.21 bits per heavy atom. The monoisotopic (exact) mass is 192 g/mol. The van der Waals surface area contributed by atoms with E-state index in [4.69, 9.17) is 5.11 Å². The summed E-state index contributed by atoms with van der Waals surface area (Å²) in [7, 11) is 0. The molecule has 0 aliphatic heterocycles. The van der Waals surface area contributed by atoms with Crippen LogP contribution in [0.5, 0.6) is 0 Å². The van der Waals surface area contributed by atoms with E-state index in [1.165, 1.54) is 0 Å². The maximum absolute atomic E-state index is 11.0. The molecule has 3 aliphatic carbocycles. The molecule has 1 fully saturated rings. The maximum atomic E-state index is 11.0. The van der Waals surface area contributed by atoms with Crippen LogP contribution in [0.3, 0.4) is 0 Å². The van der Waals surface area contributed by atoms with Crippen molar-refractivity contribution in [3.8, 4) is 0 Å². The average molecular weight is 192 g/mol. The highest BCUT2D eigenvalue weighted by molar-refractivity contribution is 5.88. The smallest absolute Gasteiger partial charge is 0.331 e. The Labute approximate surface area is 81.7 Å². The molecule has 0 spiro atoms. The molecule has 14 heavy (non-hydrogen) atoms. The first-order valence-corrected chi connectivity index (χ1v) is 5.00. The van der Waals surface area contributed by atoms with Gasteiger partial charge in [0.05, 0.1) is 6.10 Å². The minimum Gasteiger partial charge on any atom is -0.478 e. The molecule has 0 bridgehead atoms. The fourth-order valence-corrected chi connectivity index (χ4v) is 3.35. The van der Waals surface area contributed by atoms with Crippen LogP contribution in [-0.2, 0) is 4.79 Å². The van der Waals surface area contributed by atoms with Crippen molar-refractivity contribution in [1.82, 2.24) is 0 Å². The Balaban J connectivity index is 2.04. The molecule has 0 aromatic rings. The number of rotatable bonds is 1. The first kappa shape index (κ1) is 8.24. The molecule has 0 aromatic carbocycles. The van der Waals surface area contributed by atoms with Crippen molar-refractivity contribution in [3.05, 3.63) is 23.8 Å². The van der Waals surface area contributed by atoms with Gasteiger partial charge in [-0.2, -0.15) is 0 Å². The second-order valence-electron chi connectivity index (χ2n) is 4.46. The third-order valence-electron chi connectivity index (χ3n) is 3.84. The Bertz CT molecular complexity index is 356. The van der Waals surface area contributed by atoms with Crippen LogP contribution < -0.4 is 0 Å². The molecule has 0 amide bonds. The van der Waals surface area contributed by atoms with E-state index in [1.807, 2.05) is 6.08 Å². The van der Waals surface area contributed by atoms with E-state index in [1.54, 1.807) is 0 Å². The number of allylic oxidation sites excluding steroid dienone is 3. The van der Waals surface area contributed by atoms with E-state index in [2.05, 4.69) is 12.2 Å². The van der Waals surface area contributed by atoms with Gasteiger partial charge in [-0.05, 0) is 24.2 Å². The lowest BCUT2D eigenvalue weighted by molar-refractivity contribution is -0.133. The van der Waals surface area contributed by atoms with Crippen molar-refractivity contribution in [3.63, 3.8) is 0 Å². The molecular formula is C11H12O3. The lowest BCUT2D eigenvalue weighted by Crippen LogP contribution is -2.22. The van der Waals surface area contributed by atoms with E-state index in [0.29, 0.717) is 17.4 Å². The van der Waals surface area contributed by atoms with Crippen LogP contribution in [0.2, 0.25) is 0 Å². The highest BCUT2D eigenvalue weighted by Gasteiger charge is 2.53. The number of aliphatic hydroxyl groups excluding tert-OH is 1. The van der Waals surface area contributed by atoms with E-state index < -0.39 is 12.1 Å². The van der Waals surface area contributed by atoms with E-state index in [9.17, 15) is 9.90 Å². The molecule has 3 aliphatic rings. The summed E-state index contributed by atoms with van der Waals surface area (Å²) in [6.45, 7) is 0. The SMILES string of the molecule is O=C(O)C1=C[C@@H]2C=C[C@@H]3C[C@H](O)[C@H]1[C@H]23. The summed E-state index contributed by atoms with van der Waals surface area (Å²) in [6, 6.07) is 0. The van der Waals surface area contributed by atoms with Crippen molar-refractivity contribution in [1.29, 1.82) is 0 Å². The summed E-state index contributed by atoms with van der Waals surface area (Å²) in [4.78, 5) is 11.0. The minimum absolute atomic E-state index is 0.127. The molecule has 74 valence electrons. The topological polar surface area (TPSA) is 57.5 Å². The summed E-state index contributed by atoms with van der Waals surface area (Å²) in [5.74, 6) is -0.00699. The largest absolute Gasteiger partial charge is 0.478 e. The molecule has 0 saturated heterocycles. The molecule has 3 heteroatoms. The van der Waals surface area contributed by atoms with Gasteiger partial charge in [-0.3, -0.25) is 0 Å². The van der Waals surface area contributed by atoms with Gasteiger partial charge in [0.15, 0.2) is 0 Å². The number of hydrogen-bond acceptors (Lipinski definition) is 2. The lowest BCUT2D eigenvalue weighted by atomic mass is 9.88. The van der Waals surface area contributed by atoms with Crippen LogP contribution in [0.25, 0.3) is 0 Å². The van der Waals surface area contributed by atoms with Crippen LogP contribution in [0, 0.1) is 23.7 Å². The molecule has 0 unspecified atom stereocenters. The predicted molar refractivity (Wildman–Crippen MR) is 49.4 cm³/mol. The first-order valence-electron chi connectivity index (χ1n) is 5.00. The van der Waals surface area contributed by atoms with Crippen LogP contribution in [-0.4, -0.2) is 22.3 Å². The number of aliphatic hydroxyl groups is 1. The van der Waals surface area contributed by atoms with Gasteiger partial charge in [0, 0.05) is 11.5 Å². The summed E-state index contributed by atoms with van der Waals surface area (Å²) < 4.78 is 0. The predicted octanol–water partition coefficient (Wildman–Crippen LogP) is 0.810. The quantitative estimate of drug-likeness (QED) is 0.604. The fraction of sp³-hybridized carbons (Fsp3) is 0.545. The van der Waals surface area contributed by atoms with Gasteiger partial charge in [-0.25, -0.2) is 4.79 Å². The summed E-state index contributed by atoms with van der Waals surface area (Å²) in [5, 5.41) is 18.8. The van der Waals surface area contributed by atoms with Gasteiger partial charge in [-0.1, -0.05) is 18.2 Å². The Kier molecular flexibility index (Phi) is 1.46. The molecule has 1 saturated carbocycles. The number of carbonyl (C=O) groups is 1. The second kappa shape index (κ2) is 2.48. The van der Waals surface area contributed by atoms with Crippen LogP contribution in [0.4, 0.5) is 0 Å². The van der Waals surface area contributed by atoms with Crippen molar-refractivity contribution in [2.45, 2.75) is 12.5 Å². The lowest BCUT2D eigenvalue weighted by Gasteiger charge is -2.17. The number of hydrogen-bond donors (Lipinski definition) is 2. The standard InChI is InChI=1S/C11H12O3/c12-8-4-6-2-1-5-3-7(11(13)14)10(8)9(5)6/h1-3,5-6,8-10,12H,4H2,(H,13,14)/t5-,6+,8-,9+,10-/m0/s1. The Morgan fingerprint density at radius 1 is 1.43 bits per heavy atom. The van der Waals surface area contributed by atoms with Gasteiger partial charge < -0.3 is 10.2 Å². The van der Waals surface area contributed by atoms with E-state index >= 15 is 0 Å². The first-order chi connectivity index (χ1) is 6.68. The Hall–Kier alpha value is -1.09. The Morgan fingerprint density at radius 3 is 2.93 bits per heavy atom. The zero-order valence-corrected chi connectivity index (χ0v) is 7.63. The third kappa shape index (κ3) is 0.831. The zero-order chi connectivity index (χ0) is 9.87. The highest BCUT2D eigenvalue weighted by Crippen LogP contribution is 2.54. The maximum Gasteiger partial charge on any atom is 0.331 e. The molecular weight excluding hydrogens is 180 g/mol. The second-order valence-corrected chi connectivity index (χ2v) is 4.46. The molecule has 3 rings (SSSR count). The van der Waals surface area contributed by atoms with Crippen molar-refractivity contribution in [2.75, 3.05) is 0 Å². The third-order valence-corrected chi connectivity index (χ3v) is 3.84. The van der Waals surface area contributed by atoms with E-state index in [0.717, 1.165) is 6.42 Å². The van der Waals surface area contributed by atoms with Gasteiger partial charge in [0.1, 0.15) is 0 Å². The van der Waals surface area contributed by atoms with Gasteiger partial charge in [-0.15, -0.1) is 0 Å². The molecule has 0 aromatic heterocycles. The fourth-order valence-electron chi connectivity index (χ4n) is 3.35. The number of carboxylic acids is 1. The summed E-state index contributed by atoms with van der Waals surface area (Å²) >= 11 is 0. The van der Waals surface area contributed by atoms with Crippen molar-refractivity contribution >= 4 is 5.97 Å². The normalized spacial score (nSPS) is 48.1. The van der Waals surface area contributed by atoms with Gasteiger partial charge in [0.2, 0.25) is 0 Å². The van der Waals surface area contributed by atoms with Gasteiger partial charge >= 0.3 is 5.97 Å². The minimum atomic E-state index is -0.863. The number of carboxylic acid groups (broad SMARTS) is 1.